The molecule has 0 bridgehead atoms. The Morgan fingerprint density at radius 2 is 1.94 bits per heavy atom. The first-order valence-electron chi connectivity index (χ1n) is 6.27. The van der Waals surface area contributed by atoms with Crippen LogP contribution in [0.25, 0.3) is 0 Å². The maximum Gasteiger partial charge on any atom is 0.0336 e. The second-order valence-electron chi connectivity index (χ2n) is 4.53. The Balaban J connectivity index is 2.02. The molecule has 0 saturated carbocycles. The molecule has 0 aliphatic rings. The predicted molar refractivity (Wildman–Crippen MR) is 73.3 cm³/mol. The summed E-state index contributed by atoms with van der Waals surface area (Å²) in [6.45, 7) is 2.08. The Labute approximate surface area is 108 Å². The van der Waals surface area contributed by atoms with Crippen LogP contribution >= 0.6 is 0 Å². The first-order valence-corrected chi connectivity index (χ1v) is 6.27. The minimum atomic E-state index is 0.352. The van der Waals surface area contributed by atoms with E-state index in [0.717, 1.165) is 12.8 Å². The highest BCUT2D eigenvalue weighted by Gasteiger charge is 2.09. The lowest BCUT2D eigenvalue weighted by molar-refractivity contribution is 0.547. The van der Waals surface area contributed by atoms with Crippen molar-refractivity contribution in [3.05, 3.63) is 59.7 Å². The summed E-state index contributed by atoms with van der Waals surface area (Å²) in [5, 5.41) is 3.36. The first kappa shape index (κ1) is 12.7. The molecule has 1 N–H and O–H groups in total. The summed E-state index contributed by atoms with van der Waals surface area (Å²) in [5.41, 5.74) is 3.79. The molecule has 0 amide bonds. The number of pyridine rings is 2. The minimum Gasteiger partial charge on any atom is -0.313 e. The van der Waals surface area contributed by atoms with Gasteiger partial charge in [-0.1, -0.05) is 6.07 Å². The average Bonchev–Trinajstić information content (AvgIpc) is 2.41. The van der Waals surface area contributed by atoms with Gasteiger partial charge in [0.25, 0.3) is 0 Å². The molecule has 0 spiro atoms. The molecule has 2 heterocycles. The highest BCUT2D eigenvalue weighted by atomic mass is 14.9. The van der Waals surface area contributed by atoms with Crippen LogP contribution in [0.5, 0.6) is 0 Å². The van der Waals surface area contributed by atoms with Crippen molar-refractivity contribution in [1.29, 1.82) is 0 Å². The van der Waals surface area contributed by atoms with Crippen molar-refractivity contribution in [3.63, 3.8) is 0 Å². The van der Waals surface area contributed by atoms with Gasteiger partial charge in [-0.2, -0.15) is 0 Å². The largest absolute Gasteiger partial charge is 0.313 e. The van der Waals surface area contributed by atoms with Gasteiger partial charge in [-0.25, -0.2) is 0 Å². The second kappa shape index (κ2) is 6.26. The molecular weight excluding hydrogens is 222 g/mol. The molecule has 0 aliphatic carbocycles. The molecule has 1 atom stereocenters. The van der Waals surface area contributed by atoms with Gasteiger partial charge >= 0.3 is 0 Å². The fourth-order valence-electron chi connectivity index (χ4n) is 2.11. The van der Waals surface area contributed by atoms with E-state index in [2.05, 4.69) is 40.4 Å². The lowest BCUT2D eigenvalue weighted by Crippen LogP contribution is -2.17. The van der Waals surface area contributed by atoms with Crippen molar-refractivity contribution in [3.8, 4) is 0 Å². The zero-order valence-electron chi connectivity index (χ0n) is 10.9. The van der Waals surface area contributed by atoms with Crippen LogP contribution in [0.3, 0.4) is 0 Å². The van der Waals surface area contributed by atoms with E-state index in [1.807, 2.05) is 31.8 Å². The van der Waals surface area contributed by atoms with E-state index in [1.54, 1.807) is 0 Å². The van der Waals surface area contributed by atoms with Gasteiger partial charge in [-0.05, 0) is 55.6 Å². The summed E-state index contributed by atoms with van der Waals surface area (Å²) < 4.78 is 0. The third-order valence-electron chi connectivity index (χ3n) is 3.12. The Bertz CT molecular complexity index is 482. The van der Waals surface area contributed by atoms with Gasteiger partial charge in [-0.15, -0.1) is 0 Å². The number of nitrogens with zero attached hydrogens (tertiary/aromatic N) is 2. The van der Waals surface area contributed by atoms with Crippen LogP contribution in [-0.2, 0) is 6.42 Å². The fourth-order valence-corrected chi connectivity index (χ4v) is 2.11. The van der Waals surface area contributed by atoms with Gasteiger partial charge in [0.2, 0.25) is 0 Å². The van der Waals surface area contributed by atoms with Crippen molar-refractivity contribution in [2.24, 2.45) is 0 Å². The molecule has 0 saturated heterocycles. The molecule has 18 heavy (non-hydrogen) atoms. The fraction of sp³-hybridized carbons (Fsp3) is 0.333. The van der Waals surface area contributed by atoms with Gasteiger partial charge in [0, 0.05) is 30.8 Å². The van der Waals surface area contributed by atoms with Crippen molar-refractivity contribution in [2.75, 3.05) is 7.05 Å². The number of hydrogen-bond donors (Lipinski definition) is 1. The van der Waals surface area contributed by atoms with Crippen molar-refractivity contribution in [2.45, 2.75) is 25.8 Å². The van der Waals surface area contributed by atoms with Gasteiger partial charge in [-0.3, -0.25) is 9.97 Å². The second-order valence-corrected chi connectivity index (χ2v) is 4.53. The molecule has 0 aromatic carbocycles. The Kier molecular flexibility index (Phi) is 4.42. The third kappa shape index (κ3) is 3.37. The number of aryl methyl sites for hydroxylation is 2. The molecule has 2 aromatic rings. The summed E-state index contributed by atoms with van der Waals surface area (Å²) in [4.78, 5) is 8.29. The Morgan fingerprint density at radius 3 is 2.61 bits per heavy atom. The monoisotopic (exact) mass is 241 g/mol. The van der Waals surface area contributed by atoms with Gasteiger partial charge < -0.3 is 5.32 Å². The lowest BCUT2D eigenvalue weighted by atomic mass is 10.00. The minimum absolute atomic E-state index is 0.352. The average molecular weight is 241 g/mol. The summed E-state index contributed by atoms with van der Waals surface area (Å²) in [6.07, 6.45) is 9.63. The zero-order chi connectivity index (χ0) is 12.8. The van der Waals surface area contributed by atoms with E-state index >= 15 is 0 Å². The summed E-state index contributed by atoms with van der Waals surface area (Å²) in [7, 11) is 2.00. The smallest absolute Gasteiger partial charge is 0.0336 e. The maximum absolute atomic E-state index is 4.26. The molecule has 0 radical (unpaired) electrons. The van der Waals surface area contributed by atoms with Crippen LogP contribution < -0.4 is 5.32 Å². The van der Waals surface area contributed by atoms with Crippen LogP contribution in [0.2, 0.25) is 0 Å². The topological polar surface area (TPSA) is 37.8 Å². The molecular formula is C15H19N3. The number of rotatable bonds is 5. The van der Waals surface area contributed by atoms with Crippen LogP contribution in [0.4, 0.5) is 0 Å². The van der Waals surface area contributed by atoms with Crippen molar-refractivity contribution < 1.29 is 0 Å². The summed E-state index contributed by atoms with van der Waals surface area (Å²) in [6, 6.07) is 6.69. The quantitative estimate of drug-likeness (QED) is 0.874. The van der Waals surface area contributed by atoms with Crippen LogP contribution in [0.1, 0.15) is 29.2 Å². The molecule has 3 heteroatoms. The summed E-state index contributed by atoms with van der Waals surface area (Å²) in [5.74, 6) is 0. The SMILES string of the molecule is CNC(CCc1ccncc1)c1cncc(C)c1. The Morgan fingerprint density at radius 1 is 1.17 bits per heavy atom. The van der Waals surface area contributed by atoms with Crippen LogP contribution in [0, 0.1) is 6.92 Å². The Hall–Kier alpha value is -1.74. The lowest BCUT2D eigenvalue weighted by Gasteiger charge is -2.16. The number of hydrogen-bond acceptors (Lipinski definition) is 3. The molecule has 0 fully saturated rings. The van der Waals surface area contributed by atoms with E-state index in [9.17, 15) is 0 Å². The molecule has 0 aliphatic heterocycles. The third-order valence-corrected chi connectivity index (χ3v) is 3.12. The normalized spacial score (nSPS) is 12.3. The molecule has 2 rings (SSSR count). The molecule has 94 valence electrons. The highest BCUT2D eigenvalue weighted by molar-refractivity contribution is 5.20. The van der Waals surface area contributed by atoms with E-state index in [4.69, 9.17) is 0 Å². The van der Waals surface area contributed by atoms with Crippen molar-refractivity contribution >= 4 is 0 Å². The van der Waals surface area contributed by atoms with E-state index in [-0.39, 0.29) is 0 Å². The maximum atomic E-state index is 4.26. The predicted octanol–water partition coefficient (Wildman–Crippen LogP) is 2.68. The van der Waals surface area contributed by atoms with Crippen LogP contribution in [-0.4, -0.2) is 17.0 Å². The zero-order valence-corrected chi connectivity index (χ0v) is 10.9. The molecule has 1 unspecified atom stereocenters. The van der Waals surface area contributed by atoms with E-state index < -0.39 is 0 Å². The van der Waals surface area contributed by atoms with Crippen molar-refractivity contribution in [1.82, 2.24) is 15.3 Å². The summed E-state index contributed by atoms with van der Waals surface area (Å²) >= 11 is 0. The van der Waals surface area contributed by atoms with Gasteiger partial charge in [0.1, 0.15) is 0 Å². The van der Waals surface area contributed by atoms with Gasteiger partial charge in [0.15, 0.2) is 0 Å². The number of aromatic nitrogens is 2. The standard InChI is InChI=1S/C15H19N3/c1-12-9-14(11-18-10-12)15(16-2)4-3-13-5-7-17-8-6-13/h5-11,15-16H,3-4H2,1-2H3. The molecule has 3 nitrogen and oxygen atoms in total. The van der Waals surface area contributed by atoms with E-state index in [0.29, 0.717) is 6.04 Å². The van der Waals surface area contributed by atoms with E-state index in [1.165, 1.54) is 16.7 Å². The van der Waals surface area contributed by atoms with Gasteiger partial charge in [0.05, 0.1) is 0 Å². The molecule has 2 aromatic heterocycles. The highest BCUT2D eigenvalue weighted by Crippen LogP contribution is 2.18. The van der Waals surface area contributed by atoms with Crippen LogP contribution in [0.15, 0.2) is 43.0 Å². The number of nitrogens with one attached hydrogen (secondary N) is 1. The first-order chi connectivity index (χ1) is 8.79.